The van der Waals surface area contributed by atoms with Gasteiger partial charge in [0.25, 0.3) is 5.91 Å². The van der Waals surface area contributed by atoms with Gasteiger partial charge in [0, 0.05) is 10.7 Å². The van der Waals surface area contributed by atoms with Gasteiger partial charge in [-0.1, -0.05) is 36.9 Å². The van der Waals surface area contributed by atoms with E-state index in [1.165, 1.54) is 44.9 Å². The van der Waals surface area contributed by atoms with Crippen LogP contribution in [0.25, 0.3) is 0 Å². The summed E-state index contributed by atoms with van der Waals surface area (Å²) in [5.41, 5.74) is 1.85. The summed E-state index contributed by atoms with van der Waals surface area (Å²) in [4.78, 5) is 12.4. The van der Waals surface area contributed by atoms with E-state index in [1.807, 2.05) is 32.0 Å². The summed E-state index contributed by atoms with van der Waals surface area (Å²) in [6.07, 6.45) is 9.10. The molecule has 3 N–H and O–H groups in total. The third kappa shape index (κ3) is 5.29. The number of anilines is 1. The van der Waals surface area contributed by atoms with E-state index < -0.39 is 0 Å². The molecule has 1 aliphatic rings. The van der Waals surface area contributed by atoms with Crippen molar-refractivity contribution in [3.05, 3.63) is 28.8 Å². The summed E-state index contributed by atoms with van der Waals surface area (Å²) in [7, 11) is 0. The number of aryl methyl sites for hydroxylation is 1. The first kappa shape index (κ1) is 17.3. The predicted octanol–water partition coefficient (Wildman–Crippen LogP) is 3.65. The maximum Gasteiger partial charge on any atom is 0.282 e. The zero-order valence-electron chi connectivity index (χ0n) is 13.7. The summed E-state index contributed by atoms with van der Waals surface area (Å²) in [5.74, 6) is 0.0624. The second-order valence-corrected chi connectivity index (χ2v) is 6.97. The van der Waals surface area contributed by atoms with E-state index >= 15 is 0 Å². The van der Waals surface area contributed by atoms with Crippen molar-refractivity contribution in [1.29, 1.82) is 0 Å². The second kappa shape index (κ2) is 8.54. The number of hydrogen-bond acceptors (Lipinski definition) is 1. The van der Waals surface area contributed by atoms with Crippen LogP contribution in [0, 0.1) is 6.92 Å². The Kier molecular flexibility index (Phi) is 6.71. The smallest absolute Gasteiger partial charge is 0.282 e. The number of nitrogens with two attached hydrogens (primary N) is 1. The molecule has 0 spiro atoms. The quantitative estimate of drug-likeness (QED) is 0.872. The zero-order valence-corrected chi connectivity index (χ0v) is 14.5. The van der Waals surface area contributed by atoms with Gasteiger partial charge in [0.2, 0.25) is 0 Å². The molecule has 4 heteroatoms. The number of carbonyl (C=O) groups is 1. The molecular weight excluding hydrogens is 296 g/mol. The van der Waals surface area contributed by atoms with Gasteiger partial charge >= 0.3 is 0 Å². The minimum atomic E-state index is -0.0668. The number of amides is 1. The number of nitrogens with one attached hydrogen (secondary N) is 1. The van der Waals surface area contributed by atoms with Crippen LogP contribution < -0.4 is 10.6 Å². The Labute approximate surface area is 138 Å². The van der Waals surface area contributed by atoms with Crippen molar-refractivity contribution in [3.63, 3.8) is 0 Å². The van der Waals surface area contributed by atoms with Gasteiger partial charge in [-0.15, -0.1) is 0 Å². The van der Waals surface area contributed by atoms with E-state index in [1.54, 1.807) is 0 Å². The Morgan fingerprint density at radius 1 is 1.23 bits per heavy atom. The Bertz CT molecular complexity index is 496. The van der Waals surface area contributed by atoms with E-state index in [9.17, 15) is 4.79 Å². The molecule has 122 valence electrons. The highest BCUT2D eigenvalue weighted by molar-refractivity contribution is 6.31. The minimum absolute atomic E-state index is 0.0624. The fourth-order valence-corrected chi connectivity index (χ4v) is 3.32. The maximum atomic E-state index is 12.4. The average molecular weight is 324 g/mol. The summed E-state index contributed by atoms with van der Waals surface area (Å²) in [5, 5.41) is 5.91. The molecule has 0 saturated heterocycles. The van der Waals surface area contributed by atoms with Crippen molar-refractivity contribution < 1.29 is 10.1 Å². The van der Waals surface area contributed by atoms with Crippen molar-refractivity contribution in [2.45, 2.75) is 70.9 Å². The van der Waals surface area contributed by atoms with Gasteiger partial charge in [-0.05, 0) is 57.2 Å². The Morgan fingerprint density at radius 2 is 1.86 bits per heavy atom. The normalized spacial score (nSPS) is 18.3. The van der Waals surface area contributed by atoms with Gasteiger partial charge in [0.1, 0.15) is 0 Å². The lowest BCUT2D eigenvalue weighted by molar-refractivity contribution is -0.707. The highest BCUT2D eigenvalue weighted by Gasteiger charge is 2.22. The third-order valence-corrected chi connectivity index (χ3v) is 4.82. The molecule has 0 unspecified atom stereocenters. The number of hydrogen-bond donors (Lipinski definition) is 2. The highest BCUT2D eigenvalue weighted by atomic mass is 35.5. The molecular formula is C18H28ClN2O+. The van der Waals surface area contributed by atoms with Crippen LogP contribution in [-0.4, -0.2) is 18.0 Å². The highest BCUT2D eigenvalue weighted by Crippen LogP contribution is 2.20. The molecule has 0 bridgehead atoms. The molecule has 2 rings (SSSR count). The predicted molar refractivity (Wildman–Crippen MR) is 92.3 cm³/mol. The monoisotopic (exact) mass is 323 g/mol. The van der Waals surface area contributed by atoms with Crippen LogP contribution in [0.2, 0.25) is 5.02 Å². The molecule has 22 heavy (non-hydrogen) atoms. The standard InChI is InChI=1S/C18H27ClN2O/c1-13-10-11-15(19)12-17(13)21-18(22)14(2)20-16-8-6-4-3-5-7-9-16/h10-12,14,16,20H,3-9H2,1-2H3,(H,21,22)/p+1/t14-/m0/s1. The van der Waals surface area contributed by atoms with Gasteiger partial charge in [-0.3, -0.25) is 4.79 Å². The number of carbonyl (C=O) groups excluding carboxylic acids is 1. The lowest BCUT2D eigenvalue weighted by atomic mass is 9.96. The second-order valence-electron chi connectivity index (χ2n) is 6.53. The zero-order chi connectivity index (χ0) is 15.9. The molecule has 1 aromatic carbocycles. The average Bonchev–Trinajstić information content (AvgIpc) is 2.45. The summed E-state index contributed by atoms with van der Waals surface area (Å²) < 4.78 is 0. The number of benzene rings is 1. The fourth-order valence-electron chi connectivity index (χ4n) is 3.15. The van der Waals surface area contributed by atoms with Crippen LogP contribution >= 0.6 is 11.6 Å². The number of quaternary nitrogens is 1. The van der Waals surface area contributed by atoms with Crippen LogP contribution in [0.15, 0.2) is 18.2 Å². The topological polar surface area (TPSA) is 45.7 Å². The third-order valence-electron chi connectivity index (χ3n) is 4.58. The first-order valence-electron chi connectivity index (χ1n) is 8.48. The maximum absolute atomic E-state index is 12.4. The van der Waals surface area contributed by atoms with Crippen LogP contribution in [0.4, 0.5) is 5.69 Å². The van der Waals surface area contributed by atoms with Crippen molar-refractivity contribution >= 4 is 23.2 Å². The van der Waals surface area contributed by atoms with E-state index in [2.05, 4.69) is 10.6 Å². The Morgan fingerprint density at radius 3 is 2.55 bits per heavy atom. The van der Waals surface area contributed by atoms with Gasteiger partial charge < -0.3 is 10.6 Å². The Hall–Kier alpha value is -1.06. The summed E-state index contributed by atoms with van der Waals surface area (Å²) >= 11 is 6.01. The SMILES string of the molecule is Cc1ccc(Cl)cc1NC(=O)[C@H](C)[NH2+]C1CCCCCCC1. The summed E-state index contributed by atoms with van der Waals surface area (Å²) in [6, 6.07) is 6.11. The molecule has 1 atom stereocenters. The van der Waals surface area contributed by atoms with Crippen LogP contribution in [0.5, 0.6) is 0 Å². The largest absolute Gasteiger partial charge is 0.334 e. The molecule has 0 aromatic heterocycles. The van der Waals surface area contributed by atoms with E-state index in [0.29, 0.717) is 11.1 Å². The number of halogens is 1. The molecule has 1 aromatic rings. The molecule has 1 fully saturated rings. The molecule has 1 saturated carbocycles. The van der Waals surface area contributed by atoms with E-state index in [0.717, 1.165) is 11.3 Å². The van der Waals surface area contributed by atoms with E-state index in [-0.39, 0.29) is 11.9 Å². The van der Waals surface area contributed by atoms with Gasteiger partial charge in [-0.2, -0.15) is 0 Å². The Balaban J connectivity index is 1.89. The molecule has 0 heterocycles. The van der Waals surface area contributed by atoms with Crippen LogP contribution in [-0.2, 0) is 4.79 Å². The first-order chi connectivity index (χ1) is 10.6. The van der Waals surface area contributed by atoms with Crippen molar-refractivity contribution in [2.24, 2.45) is 0 Å². The molecule has 3 nitrogen and oxygen atoms in total. The van der Waals surface area contributed by atoms with Gasteiger partial charge in [0.05, 0.1) is 6.04 Å². The van der Waals surface area contributed by atoms with Crippen LogP contribution in [0.3, 0.4) is 0 Å². The molecule has 0 radical (unpaired) electrons. The molecule has 1 aliphatic carbocycles. The lowest BCUT2D eigenvalue weighted by Gasteiger charge is -2.22. The van der Waals surface area contributed by atoms with Gasteiger partial charge in [0.15, 0.2) is 6.04 Å². The van der Waals surface area contributed by atoms with Crippen LogP contribution in [0.1, 0.15) is 57.4 Å². The fraction of sp³-hybridized carbons (Fsp3) is 0.611. The van der Waals surface area contributed by atoms with Gasteiger partial charge in [-0.25, -0.2) is 0 Å². The number of rotatable bonds is 4. The van der Waals surface area contributed by atoms with Crippen molar-refractivity contribution in [1.82, 2.24) is 0 Å². The van der Waals surface area contributed by atoms with E-state index in [4.69, 9.17) is 11.6 Å². The minimum Gasteiger partial charge on any atom is -0.334 e. The first-order valence-corrected chi connectivity index (χ1v) is 8.86. The lowest BCUT2D eigenvalue weighted by Crippen LogP contribution is -2.96. The van der Waals surface area contributed by atoms with Crippen molar-refractivity contribution in [3.8, 4) is 0 Å². The molecule has 1 amide bonds. The van der Waals surface area contributed by atoms with Crippen molar-refractivity contribution in [2.75, 3.05) is 5.32 Å². The summed E-state index contributed by atoms with van der Waals surface area (Å²) in [6.45, 7) is 3.98. The molecule has 0 aliphatic heterocycles.